The maximum Gasteiger partial charge on any atom is 0.306 e. The number of likely N-dealkylation sites (N-methyl/N-ethyl adjacent to an activating group) is 1. The molecule has 1 aliphatic rings. The monoisotopic (exact) mass is 298 g/mol. The van der Waals surface area contributed by atoms with Crippen molar-refractivity contribution in [2.45, 2.75) is 39.5 Å². The van der Waals surface area contributed by atoms with Gasteiger partial charge in [-0.2, -0.15) is 0 Å². The highest BCUT2D eigenvalue weighted by Gasteiger charge is 2.27. The van der Waals surface area contributed by atoms with E-state index < -0.39 is 5.97 Å². The first kappa shape index (κ1) is 17.5. The molecule has 0 aliphatic carbocycles. The highest BCUT2D eigenvalue weighted by Crippen LogP contribution is 2.17. The molecule has 21 heavy (non-hydrogen) atoms. The summed E-state index contributed by atoms with van der Waals surface area (Å²) in [6.07, 6.45) is 2.27. The predicted molar refractivity (Wildman–Crippen MR) is 78.6 cm³/mol. The SMILES string of the molecule is CC(C)CCC(=O)N(C)CC(=O)N1CCC(C(=O)O)CC1. The average molecular weight is 298 g/mol. The summed E-state index contributed by atoms with van der Waals surface area (Å²) in [5.74, 6) is -0.785. The van der Waals surface area contributed by atoms with Crippen molar-refractivity contribution in [1.82, 2.24) is 9.80 Å². The Morgan fingerprint density at radius 2 is 1.81 bits per heavy atom. The Bertz CT molecular complexity index is 387. The fraction of sp³-hybridized carbons (Fsp3) is 0.800. The van der Waals surface area contributed by atoms with Gasteiger partial charge in [0, 0.05) is 26.6 Å². The first-order chi connectivity index (χ1) is 9.81. The van der Waals surface area contributed by atoms with Crippen molar-refractivity contribution in [3.8, 4) is 0 Å². The number of nitrogens with zero attached hydrogens (tertiary/aromatic N) is 2. The molecule has 2 amide bonds. The van der Waals surface area contributed by atoms with Crippen LogP contribution in [0.1, 0.15) is 39.5 Å². The Morgan fingerprint density at radius 3 is 2.29 bits per heavy atom. The lowest BCUT2D eigenvalue weighted by atomic mass is 9.97. The molecule has 0 aromatic rings. The zero-order chi connectivity index (χ0) is 16.0. The van der Waals surface area contributed by atoms with Gasteiger partial charge in [0.05, 0.1) is 12.5 Å². The molecular formula is C15H26N2O4. The highest BCUT2D eigenvalue weighted by molar-refractivity contribution is 5.84. The van der Waals surface area contributed by atoms with Gasteiger partial charge in [-0.3, -0.25) is 14.4 Å². The van der Waals surface area contributed by atoms with E-state index in [1.165, 1.54) is 4.90 Å². The van der Waals surface area contributed by atoms with Crippen LogP contribution in [0.5, 0.6) is 0 Å². The summed E-state index contributed by atoms with van der Waals surface area (Å²) in [6.45, 7) is 5.12. The van der Waals surface area contributed by atoms with Crippen molar-refractivity contribution >= 4 is 17.8 Å². The van der Waals surface area contributed by atoms with Crippen LogP contribution in [0.4, 0.5) is 0 Å². The minimum atomic E-state index is -0.789. The Labute approximate surface area is 126 Å². The van der Waals surface area contributed by atoms with E-state index in [9.17, 15) is 14.4 Å². The van der Waals surface area contributed by atoms with Gasteiger partial charge >= 0.3 is 5.97 Å². The first-order valence-electron chi connectivity index (χ1n) is 7.55. The minimum Gasteiger partial charge on any atom is -0.481 e. The second kappa shape index (κ2) is 8.00. The summed E-state index contributed by atoms with van der Waals surface area (Å²) < 4.78 is 0. The number of piperidine rings is 1. The van der Waals surface area contributed by atoms with E-state index in [0.717, 1.165) is 6.42 Å². The maximum absolute atomic E-state index is 12.1. The van der Waals surface area contributed by atoms with Crippen molar-refractivity contribution in [2.75, 3.05) is 26.7 Å². The Morgan fingerprint density at radius 1 is 1.24 bits per heavy atom. The molecule has 1 rings (SSSR count). The Kier molecular flexibility index (Phi) is 6.65. The van der Waals surface area contributed by atoms with Gasteiger partial charge in [-0.05, 0) is 25.2 Å². The second-order valence-electron chi connectivity index (χ2n) is 6.18. The molecule has 120 valence electrons. The molecule has 0 radical (unpaired) electrons. The predicted octanol–water partition coefficient (Wildman–Crippen LogP) is 1.20. The van der Waals surface area contributed by atoms with Gasteiger partial charge in [-0.25, -0.2) is 0 Å². The smallest absolute Gasteiger partial charge is 0.306 e. The maximum atomic E-state index is 12.1. The molecule has 0 spiro atoms. The second-order valence-corrected chi connectivity index (χ2v) is 6.18. The molecule has 0 aromatic carbocycles. The van der Waals surface area contributed by atoms with E-state index in [1.54, 1.807) is 11.9 Å². The lowest BCUT2D eigenvalue weighted by Crippen LogP contribution is -2.45. The van der Waals surface area contributed by atoms with Crippen LogP contribution in [0, 0.1) is 11.8 Å². The lowest BCUT2D eigenvalue weighted by molar-refractivity contribution is -0.146. The molecule has 0 unspecified atom stereocenters. The zero-order valence-electron chi connectivity index (χ0n) is 13.2. The largest absolute Gasteiger partial charge is 0.481 e. The normalized spacial score (nSPS) is 16.1. The fourth-order valence-corrected chi connectivity index (χ4v) is 2.37. The number of rotatable bonds is 6. The molecule has 0 atom stereocenters. The summed E-state index contributed by atoms with van der Waals surface area (Å²) in [4.78, 5) is 38.0. The van der Waals surface area contributed by atoms with E-state index in [-0.39, 0.29) is 24.3 Å². The van der Waals surface area contributed by atoms with Gasteiger partial charge < -0.3 is 14.9 Å². The number of carbonyl (C=O) groups is 3. The van der Waals surface area contributed by atoms with Gasteiger partial charge in [-0.1, -0.05) is 13.8 Å². The summed E-state index contributed by atoms with van der Waals surface area (Å²) >= 11 is 0. The fourth-order valence-electron chi connectivity index (χ4n) is 2.37. The number of amides is 2. The third-order valence-electron chi connectivity index (χ3n) is 3.93. The quantitative estimate of drug-likeness (QED) is 0.799. The molecule has 6 nitrogen and oxygen atoms in total. The molecule has 1 aliphatic heterocycles. The van der Waals surface area contributed by atoms with Crippen molar-refractivity contribution in [2.24, 2.45) is 11.8 Å². The number of carboxylic acid groups (broad SMARTS) is 1. The van der Waals surface area contributed by atoms with E-state index in [0.29, 0.717) is 38.3 Å². The number of carboxylic acids is 1. The standard InChI is InChI=1S/C15H26N2O4/c1-11(2)4-5-13(18)16(3)10-14(19)17-8-6-12(7-9-17)15(20)21/h11-12H,4-10H2,1-3H3,(H,20,21). The van der Waals surface area contributed by atoms with Crippen LogP contribution in [0.3, 0.4) is 0 Å². The van der Waals surface area contributed by atoms with Crippen LogP contribution in [0.25, 0.3) is 0 Å². The molecule has 6 heteroatoms. The van der Waals surface area contributed by atoms with E-state index in [1.807, 2.05) is 0 Å². The molecular weight excluding hydrogens is 272 g/mol. The first-order valence-corrected chi connectivity index (χ1v) is 7.55. The van der Waals surface area contributed by atoms with Crippen LogP contribution < -0.4 is 0 Å². The van der Waals surface area contributed by atoms with Crippen LogP contribution in [-0.4, -0.2) is 59.4 Å². The van der Waals surface area contributed by atoms with Crippen molar-refractivity contribution in [3.63, 3.8) is 0 Å². The summed E-state index contributed by atoms with van der Waals surface area (Å²) in [7, 11) is 1.64. The number of hydrogen-bond donors (Lipinski definition) is 1. The third kappa shape index (κ3) is 5.73. The van der Waals surface area contributed by atoms with E-state index >= 15 is 0 Å². The van der Waals surface area contributed by atoms with Crippen LogP contribution in [0.15, 0.2) is 0 Å². The lowest BCUT2D eigenvalue weighted by Gasteiger charge is -2.31. The molecule has 0 bridgehead atoms. The molecule has 1 N–H and O–H groups in total. The Balaban J connectivity index is 2.36. The average Bonchev–Trinajstić information content (AvgIpc) is 2.44. The molecule has 1 heterocycles. The van der Waals surface area contributed by atoms with Gasteiger partial charge in [0.25, 0.3) is 0 Å². The third-order valence-corrected chi connectivity index (χ3v) is 3.93. The van der Waals surface area contributed by atoms with Gasteiger partial charge in [-0.15, -0.1) is 0 Å². The van der Waals surface area contributed by atoms with E-state index in [4.69, 9.17) is 5.11 Å². The van der Waals surface area contributed by atoms with Gasteiger partial charge in [0.15, 0.2) is 0 Å². The van der Waals surface area contributed by atoms with Crippen molar-refractivity contribution < 1.29 is 19.5 Å². The highest BCUT2D eigenvalue weighted by atomic mass is 16.4. The van der Waals surface area contributed by atoms with Gasteiger partial charge in [0.1, 0.15) is 0 Å². The topological polar surface area (TPSA) is 77.9 Å². The Hall–Kier alpha value is -1.59. The molecule has 0 aromatic heterocycles. The number of carbonyl (C=O) groups excluding carboxylic acids is 2. The van der Waals surface area contributed by atoms with E-state index in [2.05, 4.69) is 13.8 Å². The number of likely N-dealkylation sites (tertiary alicyclic amines) is 1. The molecule has 1 saturated heterocycles. The van der Waals surface area contributed by atoms with Crippen molar-refractivity contribution in [1.29, 1.82) is 0 Å². The molecule has 1 fully saturated rings. The summed E-state index contributed by atoms with van der Waals surface area (Å²) in [6, 6.07) is 0. The summed E-state index contributed by atoms with van der Waals surface area (Å²) in [5, 5.41) is 8.93. The van der Waals surface area contributed by atoms with Crippen LogP contribution in [0.2, 0.25) is 0 Å². The van der Waals surface area contributed by atoms with Crippen LogP contribution >= 0.6 is 0 Å². The van der Waals surface area contributed by atoms with Crippen molar-refractivity contribution in [3.05, 3.63) is 0 Å². The minimum absolute atomic E-state index is 0.0162. The summed E-state index contributed by atoms with van der Waals surface area (Å²) in [5.41, 5.74) is 0. The van der Waals surface area contributed by atoms with Crippen LogP contribution in [-0.2, 0) is 14.4 Å². The molecule has 0 saturated carbocycles. The number of aliphatic carboxylic acids is 1. The zero-order valence-corrected chi connectivity index (χ0v) is 13.2. The number of hydrogen-bond acceptors (Lipinski definition) is 3. The van der Waals surface area contributed by atoms with Gasteiger partial charge in [0.2, 0.25) is 11.8 Å².